The summed E-state index contributed by atoms with van der Waals surface area (Å²) in [6.07, 6.45) is 2.09. The minimum Gasteiger partial charge on any atom is -0.497 e. The number of fused-ring (bicyclic) bond motifs is 1. The Bertz CT molecular complexity index is 464. The third-order valence-electron chi connectivity index (χ3n) is 1.97. The van der Waals surface area contributed by atoms with Crippen molar-refractivity contribution >= 4 is 49.1 Å². The molecule has 1 aromatic carbocycles. The average Bonchev–Trinajstić information content (AvgIpc) is 2.61. The van der Waals surface area contributed by atoms with Crippen LogP contribution in [0, 0.1) is 0 Å². The minimum atomic E-state index is 0.902. The summed E-state index contributed by atoms with van der Waals surface area (Å²) in [5.74, 6) is 0.902. The SMILES string of the molecule is COc1cc(Br)c2cc(SC)sc2c1. The molecule has 0 aliphatic heterocycles. The zero-order valence-electron chi connectivity index (χ0n) is 7.83. The van der Waals surface area contributed by atoms with Gasteiger partial charge in [0.15, 0.2) is 0 Å². The van der Waals surface area contributed by atoms with Crippen molar-refractivity contribution in [3.63, 3.8) is 0 Å². The number of halogens is 1. The molecule has 0 atom stereocenters. The zero-order valence-corrected chi connectivity index (χ0v) is 11.1. The molecule has 0 saturated carbocycles. The van der Waals surface area contributed by atoms with E-state index >= 15 is 0 Å². The third kappa shape index (κ3) is 1.78. The quantitative estimate of drug-likeness (QED) is 0.758. The standard InChI is InChI=1S/C10H9BrOS2/c1-12-6-3-8(11)7-5-10(13-2)14-9(7)4-6/h3-5H,1-2H3. The fourth-order valence-corrected chi connectivity index (χ4v) is 3.64. The summed E-state index contributed by atoms with van der Waals surface area (Å²) in [4.78, 5) is 0. The monoisotopic (exact) mass is 288 g/mol. The molecule has 0 aliphatic rings. The number of thiophene rings is 1. The minimum absolute atomic E-state index is 0.902. The molecule has 1 aromatic heterocycles. The van der Waals surface area contributed by atoms with Crippen LogP contribution in [0.15, 0.2) is 26.9 Å². The van der Waals surface area contributed by atoms with Crippen LogP contribution in [0.3, 0.4) is 0 Å². The van der Waals surface area contributed by atoms with E-state index in [-0.39, 0.29) is 0 Å². The van der Waals surface area contributed by atoms with Crippen LogP contribution in [-0.4, -0.2) is 13.4 Å². The van der Waals surface area contributed by atoms with E-state index in [1.807, 2.05) is 6.07 Å². The molecule has 2 rings (SSSR count). The van der Waals surface area contributed by atoms with Gasteiger partial charge in [0.2, 0.25) is 0 Å². The molecule has 0 N–H and O–H groups in total. The maximum atomic E-state index is 5.22. The maximum Gasteiger partial charge on any atom is 0.121 e. The van der Waals surface area contributed by atoms with E-state index in [1.165, 1.54) is 14.3 Å². The lowest BCUT2D eigenvalue weighted by molar-refractivity contribution is 0.415. The van der Waals surface area contributed by atoms with Crippen LogP contribution in [-0.2, 0) is 0 Å². The Kier molecular flexibility index (Phi) is 3.04. The highest BCUT2D eigenvalue weighted by Crippen LogP contribution is 2.38. The van der Waals surface area contributed by atoms with Gasteiger partial charge in [-0.1, -0.05) is 0 Å². The van der Waals surface area contributed by atoms with Crippen LogP contribution in [0.4, 0.5) is 0 Å². The number of thioether (sulfide) groups is 1. The number of hydrogen-bond acceptors (Lipinski definition) is 3. The Morgan fingerprint density at radius 1 is 1.36 bits per heavy atom. The second-order valence-corrected chi connectivity index (χ2v) is 5.84. The summed E-state index contributed by atoms with van der Waals surface area (Å²) in [6, 6.07) is 6.28. The van der Waals surface area contributed by atoms with E-state index in [9.17, 15) is 0 Å². The number of hydrogen-bond donors (Lipinski definition) is 0. The molecule has 2 aromatic rings. The van der Waals surface area contributed by atoms with Gasteiger partial charge in [-0.15, -0.1) is 23.1 Å². The average molecular weight is 289 g/mol. The molecule has 0 saturated heterocycles. The molecule has 0 bridgehead atoms. The van der Waals surface area contributed by atoms with E-state index in [0.29, 0.717) is 0 Å². The van der Waals surface area contributed by atoms with Gasteiger partial charge in [-0.2, -0.15) is 0 Å². The molecule has 4 heteroatoms. The Balaban J connectivity index is 2.67. The third-order valence-corrected chi connectivity index (χ3v) is 4.78. The zero-order chi connectivity index (χ0) is 10.1. The Hall–Kier alpha value is -0.190. The molecule has 14 heavy (non-hydrogen) atoms. The second kappa shape index (κ2) is 4.13. The van der Waals surface area contributed by atoms with Crippen LogP contribution in [0.1, 0.15) is 0 Å². The van der Waals surface area contributed by atoms with E-state index in [2.05, 4.69) is 34.3 Å². The van der Waals surface area contributed by atoms with Crippen molar-refractivity contribution in [1.29, 1.82) is 0 Å². The fourth-order valence-electron chi connectivity index (χ4n) is 1.27. The van der Waals surface area contributed by atoms with E-state index in [0.717, 1.165) is 10.2 Å². The van der Waals surface area contributed by atoms with Crippen molar-refractivity contribution in [2.45, 2.75) is 4.21 Å². The maximum absolute atomic E-state index is 5.22. The van der Waals surface area contributed by atoms with Crippen LogP contribution in [0.5, 0.6) is 5.75 Å². The number of methoxy groups -OCH3 is 1. The van der Waals surface area contributed by atoms with E-state index < -0.39 is 0 Å². The Morgan fingerprint density at radius 3 is 2.79 bits per heavy atom. The Labute approximate surface area is 99.6 Å². The fraction of sp³-hybridized carbons (Fsp3) is 0.200. The van der Waals surface area contributed by atoms with Crippen LogP contribution in [0.2, 0.25) is 0 Å². The first kappa shape index (κ1) is 10.3. The van der Waals surface area contributed by atoms with Crippen LogP contribution in [0.25, 0.3) is 10.1 Å². The summed E-state index contributed by atoms with van der Waals surface area (Å²) in [5.41, 5.74) is 0. The van der Waals surface area contributed by atoms with Crippen molar-refractivity contribution in [2.75, 3.05) is 13.4 Å². The largest absolute Gasteiger partial charge is 0.497 e. The number of rotatable bonds is 2. The summed E-state index contributed by atoms with van der Waals surface area (Å²) in [6.45, 7) is 0. The molecule has 0 spiro atoms. The highest BCUT2D eigenvalue weighted by atomic mass is 79.9. The van der Waals surface area contributed by atoms with Gasteiger partial charge >= 0.3 is 0 Å². The molecule has 0 aliphatic carbocycles. The molecule has 74 valence electrons. The van der Waals surface area contributed by atoms with Gasteiger partial charge in [0.05, 0.1) is 11.3 Å². The number of ether oxygens (including phenoxy) is 1. The highest BCUT2D eigenvalue weighted by molar-refractivity contribution is 9.10. The number of benzene rings is 1. The lowest BCUT2D eigenvalue weighted by atomic mass is 10.2. The van der Waals surface area contributed by atoms with Crippen LogP contribution >= 0.6 is 39.0 Å². The first-order valence-corrected chi connectivity index (χ1v) is 6.89. The van der Waals surface area contributed by atoms with E-state index in [4.69, 9.17) is 4.74 Å². The topological polar surface area (TPSA) is 9.23 Å². The lowest BCUT2D eigenvalue weighted by Crippen LogP contribution is -1.81. The molecular formula is C10H9BrOS2. The lowest BCUT2D eigenvalue weighted by Gasteiger charge is -2.00. The molecule has 0 fully saturated rings. The predicted molar refractivity (Wildman–Crippen MR) is 67.9 cm³/mol. The van der Waals surface area contributed by atoms with Gasteiger partial charge in [-0.05, 0) is 40.4 Å². The van der Waals surface area contributed by atoms with Gasteiger partial charge in [0.25, 0.3) is 0 Å². The van der Waals surface area contributed by atoms with Crippen LogP contribution < -0.4 is 4.74 Å². The van der Waals surface area contributed by atoms with Crippen molar-refractivity contribution < 1.29 is 4.74 Å². The smallest absolute Gasteiger partial charge is 0.121 e. The highest BCUT2D eigenvalue weighted by Gasteiger charge is 2.06. The normalized spacial score (nSPS) is 10.8. The molecule has 1 nitrogen and oxygen atoms in total. The molecule has 1 heterocycles. The van der Waals surface area contributed by atoms with Gasteiger partial charge in [0, 0.05) is 14.6 Å². The predicted octanol–water partition coefficient (Wildman–Crippen LogP) is 4.39. The van der Waals surface area contributed by atoms with Crippen molar-refractivity contribution in [1.82, 2.24) is 0 Å². The first-order valence-electron chi connectivity index (χ1n) is 4.05. The summed E-state index contributed by atoms with van der Waals surface area (Å²) in [7, 11) is 1.69. The summed E-state index contributed by atoms with van der Waals surface area (Å²) < 4.78 is 8.91. The van der Waals surface area contributed by atoms with Gasteiger partial charge in [-0.3, -0.25) is 0 Å². The molecule has 0 unspecified atom stereocenters. The summed E-state index contributed by atoms with van der Waals surface area (Å²) >= 11 is 7.12. The summed E-state index contributed by atoms with van der Waals surface area (Å²) in [5, 5.41) is 1.26. The van der Waals surface area contributed by atoms with E-state index in [1.54, 1.807) is 30.2 Å². The second-order valence-electron chi connectivity index (χ2n) is 2.79. The first-order chi connectivity index (χ1) is 6.74. The van der Waals surface area contributed by atoms with Crippen molar-refractivity contribution in [2.24, 2.45) is 0 Å². The molecule has 0 amide bonds. The van der Waals surface area contributed by atoms with Gasteiger partial charge < -0.3 is 4.74 Å². The molecule has 0 radical (unpaired) electrons. The van der Waals surface area contributed by atoms with Gasteiger partial charge in [0.1, 0.15) is 5.75 Å². The van der Waals surface area contributed by atoms with Gasteiger partial charge in [-0.25, -0.2) is 0 Å². The molecular weight excluding hydrogens is 280 g/mol. The Morgan fingerprint density at radius 2 is 2.14 bits per heavy atom. The van der Waals surface area contributed by atoms with Crippen molar-refractivity contribution in [3.8, 4) is 5.75 Å². The van der Waals surface area contributed by atoms with Crippen molar-refractivity contribution in [3.05, 3.63) is 22.7 Å².